The van der Waals surface area contributed by atoms with E-state index in [1.807, 2.05) is 11.8 Å². The van der Waals surface area contributed by atoms with Gasteiger partial charge in [0, 0.05) is 43.9 Å². The van der Waals surface area contributed by atoms with E-state index in [1.165, 1.54) is 76.9 Å². The minimum absolute atomic E-state index is 0.00369. The molecule has 4 heteroatoms. The summed E-state index contributed by atoms with van der Waals surface area (Å²) in [6.07, 6.45) is 0. The van der Waals surface area contributed by atoms with Gasteiger partial charge >= 0.3 is 0 Å². The van der Waals surface area contributed by atoms with Gasteiger partial charge in [0.1, 0.15) is 0 Å². The highest BCUT2D eigenvalue weighted by Gasteiger charge is 2.55. The van der Waals surface area contributed by atoms with Crippen molar-refractivity contribution in [1.82, 2.24) is 0 Å². The van der Waals surface area contributed by atoms with Gasteiger partial charge in [0.2, 0.25) is 0 Å². The molecule has 5 aromatic carbocycles. The van der Waals surface area contributed by atoms with Crippen LogP contribution in [0.3, 0.4) is 0 Å². The summed E-state index contributed by atoms with van der Waals surface area (Å²) >= 11 is 2.02. The topological polar surface area (TPSA) is 6.48 Å². The predicted molar refractivity (Wildman–Crippen MR) is 244 cm³/mol. The quantitative estimate of drug-likeness (QED) is 0.162. The Kier molecular flexibility index (Phi) is 8.25. The molecular weight excluding hydrogens is 701 g/mol. The van der Waals surface area contributed by atoms with E-state index in [0.29, 0.717) is 0 Å². The fourth-order valence-electron chi connectivity index (χ4n) is 9.03. The van der Waals surface area contributed by atoms with Crippen LogP contribution in [-0.4, -0.2) is 8.07 Å². The minimum atomic E-state index is -2.59. The van der Waals surface area contributed by atoms with Gasteiger partial charge in [-0.1, -0.05) is 146 Å². The van der Waals surface area contributed by atoms with Crippen LogP contribution in [0.2, 0.25) is 6.55 Å². The lowest BCUT2D eigenvalue weighted by molar-refractivity contribution is 0.588. The van der Waals surface area contributed by atoms with Crippen molar-refractivity contribution in [3.05, 3.63) is 113 Å². The fourth-order valence-corrected chi connectivity index (χ4v) is 16.2. The highest BCUT2D eigenvalue weighted by Crippen LogP contribution is 2.54. The zero-order valence-corrected chi connectivity index (χ0v) is 38.2. The highest BCUT2D eigenvalue weighted by molar-refractivity contribution is 8.00. The Morgan fingerprint density at radius 1 is 0.364 bits per heavy atom. The van der Waals surface area contributed by atoms with Gasteiger partial charge in [-0.15, -0.1) is 0 Å². The van der Waals surface area contributed by atoms with Gasteiger partial charge < -0.3 is 9.80 Å². The van der Waals surface area contributed by atoms with Crippen molar-refractivity contribution >= 4 is 69.5 Å². The van der Waals surface area contributed by atoms with E-state index in [-0.39, 0.29) is 27.1 Å². The first-order chi connectivity index (χ1) is 25.3. The molecule has 0 bridgehead atoms. The van der Waals surface area contributed by atoms with Gasteiger partial charge in [0.15, 0.2) is 8.07 Å². The standard InChI is InChI=1S/C51H62N2SSi/c1-47(2,3)31-17-21-36(22-18-31)52-38-25-33(49(7,8)9)26-39-44(38)55(16)45-40(52)27-34(50(10,11)12)29-42(45)54-43-30-35(51(13,14)15)28-41(46(43)55)53(39)37-23-19-32(20-24-37)48(4,5)6/h17-30H,1-16H3. The number of nitrogens with zero attached hydrogens (tertiary/aromatic N) is 2. The lowest BCUT2D eigenvalue weighted by Crippen LogP contribution is -2.73. The first kappa shape index (κ1) is 38.2. The van der Waals surface area contributed by atoms with Crippen molar-refractivity contribution in [3.63, 3.8) is 0 Å². The van der Waals surface area contributed by atoms with Crippen LogP contribution < -0.4 is 25.4 Å². The first-order valence-corrected chi connectivity index (χ1v) is 23.7. The largest absolute Gasteiger partial charge is 0.311 e. The molecule has 0 N–H and O–H groups in total. The molecule has 0 atom stereocenters. The van der Waals surface area contributed by atoms with Crippen molar-refractivity contribution in [2.45, 2.75) is 147 Å². The van der Waals surface area contributed by atoms with Gasteiger partial charge in [0.25, 0.3) is 0 Å². The molecule has 0 amide bonds. The highest BCUT2D eigenvalue weighted by atomic mass is 32.2. The van der Waals surface area contributed by atoms with Crippen molar-refractivity contribution in [3.8, 4) is 0 Å². The average Bonchev–Trinajstić information content (AvgIpc) is 3.06. The zero-order chi connectivity index (χ0) is 40.0. The monoisotopic (exact) mass is 762 g/mol. The molecular formula is C51H62N2SSi. The predicted octanol–water partition coefficient (Wildman–Crippen LogP) is 13.3. The van der Waals surface area contributed by atoms with Crippen LogP contribution in [0.25, 0.3) is 0 Å². The van der Waals surface area contributed by atoms with Crippen molar-refractivity contribution in [2.24, 2.45) is 0 Å². The molecule has 3 heterocycles. The van der Waals surface area contributed by atoms with Gasteiger partial charge in [-0.3, -0.25) is 0 Å². The first-order valence-electron chi connectivity index (χ1n) is 20.4. The molecule has 3 aliphatic heterocycles. The molecule has 0 radical (unpaired) electrons. The van der Waals surface area contributed by atoms with E-state index < -0.39 is 8.07 Å². The van der Waals surface area contributed by atoms with Gasteiger partial charge in [-0.2, -0.15) is 0 Å². The molecule has 8 rings (SSSR count). The van der Waals surface area contributed by atoms with Crippen LogP contribution in [0.15, 0.2) is 94.7 Å². The van der Waals surface area contributed by atoms with Crippen molar-refractivity contribution in [1.29, 1.82) is 0 Å². The maximum absolute atomic E-state index is 2.68. The van der Waals surface area contributed by atoms with Crippen molar-refractivity contribution < 1.29 is 0 Å². The lowest BCUT2D eigenvalue weighted by Gasteiger charge is -2.53. The zero-order valence-electron chi connectivity index (χ0n) is 36.4. The molecule has 0 saturated heterocycles. The molecule has 0 spiro atoms. The average molecular weight is 763 g/mol. The van der Waals surface area contributed by atoms with Crippen LogP contribution in [-0.2, 0) is 27.1 Å². The molecule has 0 fully saturated rings. The summed E-state index contributed by atoms with van der Waals surface area (Å²) in [5, 5.41) is 4.68. The van der Waals surface area contributed by atoms with E-state index in [2.05, 4.69) is 205 Å². The summed E-state index contributed by atoms with van der Waals surface area (Å²) < 4.78 is 0. The number of hydrogen-bond acceptors (Lipinski definition) is 3. The summed E-state index contributed by atoms with van der Waals surface area (Å²) in [6, 6.07) is 34.3. The number of hydrogen-bond donors (Lipinski definition) is 0. The Bertz CT molecular complexity index is 2210. The second kappa shape index (κ2) is 11.9. The molecule has 5 aromatic rings. The van der Waals surface area contributed by atoms with Crippen LogP contribution >= 0.6 is 11.8 Å². The third-order valence-electron chi connectivity index (χ3n) is 12.5. The molecule has 0 aromatic heterocycles. The lowest BCUT2D eigenvalue weighted by atomic mass is 9.84. The molecule has 3 aliphatic rings. The van der Waals surface area contributed by atoms with Crippen LogP contribution in [0.1, 0.15) is 132 Å². The summed E-state index contributed by atoms with van der Waals surface area (Å²) in [5.41, 5.74) is 14.9. The second-order valence-electron chi connectivity index (χ2n) is 21.9. The van der Waals surface area contributed by atoms with E-state index >= 15 is 0 Å². The second-order valence-corrected chi connectivity index (χ2v) is 26.7. The number of anilines is 6. The van der Waals surface area contributed by atoms with Gasteiger partial charge in [-0.25, -0.2) is 0 Å². The Hall–Kier alpha value is -3.73. The molecule has 2 nitrogen and oxygen atoms in total. The summed E-state index contributed by atoms with van der Waals surface area (Å²) in [4.78, 5) is 8.20. The maximum Gasteiger partial charge on any atom is 0.159 e. The van der Waals surface area contributed by atoms with Crippen molar-refractivity contribution in [2.75, 3.05) is 9.80 Å². The van der Waals surface area contributed by atoms with Gasteiger partial charge in [0.05, 0.1) is 0 Å². The van der Waals surface area contributed by atoms with Crippen LogP contribution in [0.4, 0.5) is 34.1 Å². The third-order valence-corrected chi connectivity index (χ3v) is 18.5. The van der Waals surface area contributed by atoms with Crippen LogP contribution in [0, 0.1) is 0 Å². The Labute approximate surface area is 337 Å². The summed E-state index contributed by atoms with van der Waals surface area (Å²) in [6.45, 7) is 37.9. The SMILES string of the molecule is CC(C)(C)c1ccc(N2c3cc(C(C)(C)C)cc4c3[Si]3(C)c5c(cc(C(C)(C)C)cc5N(c5ccc(C(C)(C)C)cc5)c5cc(C(C)(C)C)cc2c53)S4)cc1. The third kappa shape index (κ3) is 5.95. The molecule has 0 saturated carbocycles. The van der Waals surface area contributed by atoms with Gasteiger partial charge in [-0.05, 0) is 131 Å². The van der Waals surface area contributed by atoms with E-state index in [4.69, 9.17) is 0 Å². The normalized spacial score (nSPS) is 16.0. The Balaban J connectivity index is 1.55. The molecule has 286 valence electrons. The summed E-state index contributed by atoms with van der Waals surface area (Å²) in [5.74, 6) is 0. The molecule has 0 unspecified atom stereocenters. The Morgan fingerprint density at radius 3 is 0.927 bits per heavy atom. The smallest absolute Gasteiger partial charge is 0.159 e. The molecule has 55 heavy (non-hydrogen) atoms. The minimum Gasteiger partial charge on any atom is -0.311 e. The van der Waals surface area contributed by atoms with Crippen LogP contribution in [0.5, 0.6) is 0 Å². The maximum atomic E-state index is 2.68. The van der Waals surface area contributed by atoms with E-state index in [1.54, 1.807) is 10.4 Å². The summed E-state index contributed by atoms with van der Waals surface area (Å²) in [7, 11) is -2.59. The van der Waals surface area contributed by atoms with E-state index in [0.717, 1.165) is 0 Å². The fraction of sp³-hybridized carbons (Fsp3) is 0.412. The Morgan fingerprint density at radius 2 is 0.636 bits per heavy atom. The number of rotatable bonds is 2. The van der Waals surface area contributed by atoms with E-state index in [9.17, 15) is 0 Å². The molecule has 0 aliphatic carbocycles. The number of benzene rings is 5.